The van der Waals surface area contributed by atoms with Crippen molar-refractivity contribution in [1.82, 2.24) is 20.6 Å². The predicted octanol–water partition coefficient (Wildman–Crippen LogP) is 2.61. The Kier molecular flexibility index (Phi) is 5.73. The topological polar surface area (TPSA) is 84.0 Å². The number of aromatic nitrogens is 2. The zero-order valence-electron chi connectivity index (χ0n) is 13.3. The summed E-state index contributed by atoms with van der Waals surface area (Å²) < 4.78 is 37.5. The summed E-state index contributed by atoms with van der Waals surface area (Å²) in [6, 6.07) is 0.911. The Morgan fingerprint density at radius 2 is 1.72 bits per heavy atom. The lowest BCUT2D eigenvalue weighted by atomic mass is 10.1. The molecule has 10 heteroatoms. The molecule has 25 heavy (non-hydrogen) atoms. The van der Waals surface area contributed by atoms with E-state index in [4.69, 9.17) is 0 Å². The Morgan fingerprint density at radius 1 is 1.08 bits per heavy atom. The average Bonchev–Trinajstić information content (AvgIpc) is 3.08. The molecule has 2 amide bonds. The van der Waals surface area contributed by atoms with Gasteiger partial charge in [-0.1, -0.05) is 6.07 Å². The summed E-state index contributed by atoms with van der Waals surface area (Å²) in [7, 11) is 0. The van der Waals surface area contributed by atoms with Gasteiger partial charge in [0, 0.05) is 11.6 Å². The Hall–Kier alpha value is -2.49. The first-order valence-corrected chi connectivity index (χ1v) is 8.15. The standard InChI is InChI=1S/C15H15F3N4O2S/c1-8(10-3-4-12(19-5-10)15(16,17)18)21-13(23)14(24)22-9(2)11-6-25-7-20-11/h3-9H,1-2H3,(H,21,23)(H,22,24)/t8-,9?/m1/s1. The third-order valence-corrected chi connectivity index (χ3v) is 3.98. The van der Waals surface area contributed by atoms with Crippen molar-refractivity contribution in [3.8, 4) is 0 Å². The summed E-state index contributed by atoms with van der Waals surface area (Å²) in [5.41, 5.74) is 1.56. The van der Waals surface area contributed by atoms with E-state index >= 15 is 0 Å². The third kappa shape index (κ3) is 4.99. The van der Waals surface area contributed by atoms with Crippen molar-refractivity contribution >= 4 is 23.2 Å². The molecule has 0 spiro atoms. The molecule has 134 valence electrons. The molecule has 0 radical (unpaired) electrons. The fourth-order valence-corrected chi connectivity index (χ4v) is 2.59. The molecule has 0 saturated carbocycles. The van der Waals surface area contributed by atoms with Crippen LogP contribution >= 0.6 is 11.3 Å². The van der Waals surface area contributed by atoms with Crippen LogP contribution in [0.4, 0.5) is 13.2 Å². The number of thiazole rings is 1. The highest BCUT2D eigenvalue weighted by molar-refractivity contribution is 7.07. The van der Waals surface area contributed by atoms with Gasteiger partial charge in [-0.2, -0.15) is 13.2 Å². The fraction of sp³-hybridized carbons (Fsp3) is 0.333. The number of rotatable bonds is 4. The van der Waals surface area contributed by atoms with Crippen LogP contribution in [0.25, 0.3) is 0 Å². The van der Waals surface area contributed by atoms with E-state index in [1.807, 2.05) is 0 Å². The quantitative estimate of drug-likeness (QED) is 0.808. The highest BCUT2D eigenvalue weighted by Crippen LogP contribution is 2.27. The van der Waals surface area contributed by atoms with Crippen molar-refractivity contribution in [2.75, 3.05) is 0 Å². The van der Waals surface area contributed by atoms with Crippen LogP contribution in [0.1, 0.15) is 42.9 Å². The summed E-state index contributed by atoms with van der Waals surface area (Å²) in [5, 5.41) is 6.66. The maximum atomic E-state index is 12.5. The van der Waals surface area contributed by atoms with Crippen LogP contribution in [-0.2, 0) is 15.8 Å². The molecule has 0 saturated heterocycles. The van der Waals surface area contributed by atoms with Gasteiger partial charge in [-0.05, 0) is 25.5 Å². The molecular weight excluding hydrogens is 357 g/mol. The van der Waals surface area contributed by atoms with Crippen molar-refractivity contribution in [1.29, 1.82) is 0 Å². The van der Waals surface area contributed by atoms with E-state index in [9.17, 15) is 22.8 Å². The molecule has 0 aliphatic carbocycles. The Balaban J connectivity index is 1.94. The van der Waals surface area contributed by atoms with E-state index in [2.05, 4.69) is 20.6 Å². The summed E-state index contributed by atoms with van der Waals surface area (Å²) in [5.74, 6) is -1.75. The number of carbonyl (C=O) groups excluding carboxylic acids is 2. The molecule has 0 bridgehead atoms. The fourth-order valence-electron chi connectivity index (χ4n) is 1.95. The van der Waals surface area contributed by atoms with Crippen LogP contribution in [0, 0.1) is 0 Å². The number of nitrogens with one attached hydrogen (secondary N) is 2. The van der Waals surface area contributed by atoms with E-state index in [1.54, 1.807) is 24.7 Å². The first kappa shape index (κ1) is 18.8. The lowest BCUT2D eigenvalue weighted by molar-refractivity contribution is -0.141. The second-order valence-electron chi connectivity index (χ2n) is 5.28. The third-order valence-electron chi connectivity index (χ3n) is 3.37. The summed E-state index contributed by atoms with van der Waals surface area (Å²) in [4.78, 5) is 31.2. The molecule has 2 N–H and O–H groups in total. The van der Waals surface area contributed by atoms with Crippen LogP contribution in [-0.4, -0.2) is 21.8 Å². The summed E-state index contributed by atoms with van der Waals surface area (Å²) >= 11 is 1.36. The first-order valence-electron chi connectivity index (χ1n) is 7.21. The average molecular weight is 372 g/mol. The van der Waals surface area contributed by atoms with Gasteiger partial charge < -0.3 is 10.6 Å². The zero-order valence-corrected chi connectivity index (χ0v) is 14.1. The molecule has 0 aliphatic rings. The second-order valence-corrected chi connectivity index (χ2v) is 6.00. The lowest BCUT2D eigenvalue weighted by Gasteiger charge is -2.16. The van der Waals surface area contributed by atoms with Crippen molar-refractivity contribution in [2.24, 2.45) is 0 Å². The van der Waals surface area contributed by atoms with E-state index in [1.165, 1.54) is 17.4 Å². The Bertz CT molecular complexity index is 732. The van der Waals surface area contributed by atoms with Gasteiger partial charge in [-0.15, -0.1) is 11.3 Å². The maximum Gasteiger partial charge on any atom is 0.433 e. The minimum absolute atomic E-state index is 0.349. The highest BCUT2D eigenvalue weighted by atomic mass is 32.1. The molecule has 1 unspecified atom stereocenters. The van der Waals surface area contributed by atoms with Crippen LogP contribution in [0.15, 0.2) is 29.2 Å². The SMILES string of the molecule is CC(NC(=O)C(=O)N[C@H](C)c1ccc(C(F)(F)F)nc1)c1cscn1. The number of amides is 2. The number of alkyl halides is 3. The van der Waals surface area contributed by atoms with Gasteiger partial charge in [-0.3, -0.25) is 14.6 Å². The minimum Gasteiger partial charge on any atom is -0.341 e. The normalized spacial score (nSPS) is 13.8. The van der Waals surface area contributed by atoms with Gasteiger partial charge in [0.05, 0.1) is 23.3 Å². The van der Waals surface area contributed by atoms with Crippen LogP contribution < -0.4 is 10.6 Å². The van der Waals surface area contributed by atoms with Crippen molar-refractivity contribution in [2.45, 2.75) is 32.1 Å². The summed E-state index contributed by atoms with van der Waals surface area (Å²) in [6.07, 6.45) is -3.51. The molecule has 2 aromatic heterocycles. The molecule has 6 nitrogen and oxygen atoms in total. The first-order chi connectivity index (χ1) is 11.7. The van der Waals surface area contributed by atoms with E-state index in [-0.39, 0.29) is 0 Å². The summed E-state index contributed by atoms with van der Waals surface area (Å²) in [6.45, 7) is 3.22. The number of hydrogen-bond donors (Lipinski definition) is 2. The van der Waals surface area contributed by atoms with E-state index in [0.717, 1.165) is 12.3 Å². The zero-order chi connectivity index (χ0) is 18.6. The van der Waals surface area contributed by atoms with Crippen molar-refractivity contribution in [3.05, 3.63) is 46.2 Å². The smallest absolute Gasteiger partial charge is 0.341 e. The van der Waals surface area contributed by atoms with E-state index in [0.29, 0.717) is 11.3 Å². The van der Waals surface area contributed by atoms with E-state index < -0.39 is 35.8 Å². The molecule has 2 heterocycles. The Labute approximate surface area is 145 Å². The number of carbonyl (C=O) groups is 2. The van der Waals surface area contributed by atoms with Gasteiger partial charge in [0.25, 0.3) is 0 Å². The van der Waals surface area contributed by atoms with Gasteiger partial charge in [-0.25, -0.2) is 4.98 Å². The molecule has 0 aliphatic heterocycles. The van der Waals surface area contributed by atoms with Crippen molar-refractivity contribution in [3.63, 3.8) is 0 Å². The molecule has 0 aromatic carbocycles. The van der Waals surface area contributed by atoms with Crippen LogP contribution in [0.5, 0.6) is 0 Å². The van der Waals surface area contributed by atoms with Gasteiger partial charge >= 0.3 is 18.0 Å². The number of halogens is 3. The maximum absolute atomic E-state index is 12.5. The lowest BCUT2D eigenvalue weighted by Crippen LogP contribution is -2.41. The highest BCUT2D eigenvalue weighted by Gasteiger charge is 2.32. The van der Waals surface area contributed by atoms with Gasteiger partial charge in [0.2, 0.25) is 0 Å². The molecule has 2 aromatic rings. The minimum atomic E-state index is -4.53. The number of hydrogen-bond acceptors (Lipinski definition) is 5. The molecule has 2 rings (SSSR count). The largest absolute Gasteiger partial charge is 0.433 e. The number of pyridine rings is 1. The van der Waals surface area contributed by atoms with Gasteiger partial charge in [0.15, 0.2) is 0 Å². The van der Waals surface area contributed by atoms with Crippen LogP contribution in [0.3, 0.4) is 0 Å². The molecule has 2 atom stereocenters. The van der Waals surface area contributed by atoms with Gasteiger partial charge in [0.1, 0.15) is 5.69 Å². The monoisotopic (exact) mass is 372 g/mol. The Morgan fingerprint density at radius 3 is 2.20 bits per heavy atom. The van der Waals surface area contributed by atoms with Crippen LogP contribution in [0.2, 0.25) is 0 Å². The predicted molar refractivity (Wildman–Crippen MR) is 84.5 cm³/mol. The number of nitrogens with zero attached hydrogens (tertiary/aromatic N) is 2. The van der Waals surface area contributed by atoms with Crippen molar-refractivity contribution < 1.29 is 22.8 Å². The molecule has 0 fully saturated rings. The second kappa shape index (κ2) is 7.60. The molecular formula is C15H15F3N4O2S.